The maximum absolute atomic E-state index is 12.2. The summed E-state index contributed by atoms with van der Waals surface area (Å²) in [6, 6.07) is 10.5. The minimum absolute atomic E-state index is 0.235. The zero-order valence-corrected chi connectivity index (χ0v) is 18.9. The van der Waals surface area contributed by atoms with Crippen LogP contribution in [0.4, 0.5) is 0 Å². The number of hydrazine groups is 1. The van der Waals surface area contributed by atoms with Crippen molar-refractivity contribution in [3.8, 4) is 11.5 Å². The number of benzene rings is 2. The minimum atomic E-state index is -0.474. The van der Waals surface area contributed by atoms with Gasteiger partial charge >= 0.3 is 0 Å². The lowest BCUT2D eigenvalue weighted by Crippen LogP contribution is -2.43. The van der Waals surface area contributed by atoms with Gasteiger partial charge in [0.2, 0.25) is 0 Å². The summed E-state index contributed by atoms with van der Waals surface area (Å²) in [7, 11) is 0. The average molecular weight is 514 g/mol. The van der Waals surface area contributed by atoms with Crippen LogP contribution in [0.2, 0.25) is 0 Å². The van der Waals surface area contributed by atoms with Crippen LogP contribution in [0.3, 0.4) is 0 Å². The fourth-order valence-electron chi connectivity index (χ4n) is 2.31. The summed E-state index contributed by atoms with van der Waals surface area (Å²) >= 11 is 6.79. The first-order valence-electron chi connectivity index (χ1n) is 8.81. The van der Waals surface area contributed by atoms with Gasteiger partial charge in [0.25, 0.3) is 11.8 Å². The van der Waals surface area contributed by atoms with Gasteiger partial charge in [-0.05, 0) is 65.2 Å². The third-order valence-corrected chi connectivity index (χ3v) is 4.77. The Morgan fingerprint density at radius 1 is 1.07 bits per heavy atom. The highest BCUT2D eigenvalue weighted by atomic mass is 79.9. The molecule has 0 unspecified atom stereocenters. The lowest BCUT2D eigenvalue weighted by molar-refractivity contribution is -0.123. The molecule has 0 fully saturated rings. The molecule has 0 atom stereocenters. The van der Waals surface area contributed by atoms with E-state index >= 15 is 0 Å². The van der Waals surface area contributed by atoms with Gasteiger partial charge in [0, 0.05) is 10.0 Å². The van der Waals surface area contributed by atoms with Gasteiger partial charge in [0.05, 0.1) is 11.1 Å². The summed E-state index contributed by atoms with van der Waals surface area (Å²) in [5.41, 5.74) is 5.98. The zero-order chi connectivity index (χ0) is 20.5. The number of halogens is 2. The number of rotatable bonds is 8. The SMILES string of the molecule is CCCCOc1cccc(C(=O)NNC(=O)COc2c(C)cc(Br)cc2Br)c1. The Morgan fingerprint density at radius 3 is 2.57 bits per heavy atom. The molecule has 0 aliphatic carbocycles. The lowest BCUT2D eigenvalue weighted by atomic mass is 10.2. The van der Waals surface area contributed by atoms with Crippen LogP contribution < -0.4 is 20.3 Å². The monoisotopic (exact) mass is 512 g/mol. The molecule has 0 heterocycles. The molecule has 0 spiro atoms. The van der Waals surface area contributed by atoms with Crippen molar-refractivity contribution in [3.63, 3.8) is 0 Å². The molecule has 2 rings (SSSR count). The van der Waals surface area contributed by atoms with E-state index in [0.717, 1.165) is 27.4 Å². The van der Waals surface area contributed by atoms with Crippen molar-refractivity contribution in [2.24, 2.45) is 0 Å². The molecule has 28 heavy (non-hydrogen) atoms. The summed E-state index contributed by atoms with van der Waals surface area (Å²) in [6.45, 7) is 4.32. The van der Waals surface area contributed by atoms with Gasteiger partial charge in [0.1, 0.15) is 11.5 Å². The summed E-state index contributed by atoms with van der Waals surface area (Å²) in [6.07, 6.45) is 1.98. The Morgan fingerprint density at radius 2 is 1.86 bits per heavy atom. The first-order valence-corrected chi connectivity index (χ1v) is 10.4. The number of hydrogen-bond acceptors (Lipinski definition) is 4. The van der Waals surface area contributed by atoms with Gasteiger partial charge in [-0.2, -0.15) is 0 Å². The van der Waals surface area contributed by atoms with Gasteiger partial charge in [0.15, 0.2) is 6.61 Å². The smallest absolute Gasteiger partial charge is 0.276 e. The van der Waals surface area contributed by atoms with Crippen LogP contribution in [0.15, 0.2) is 45.3 Å². The standard InChI is InChI=1S/C20H22Br2N2O4/c1-3-4-8-27-16-7-5-6-14(10-16)20(26)24-23-18(25)12-28-19-13(2)9-15(21)11-17(19)22/h5-7,9-11H,3-4,8,12H2,1-2H3,(H,23,25)(H,24,26). The third-order valence-electron chi connectivity index (χ3n) is 3.72. The molecular formula is C20H22Br2N2O4. The van der Waals surface area contributed by atoms with Gasteiger partial charge in [-0.15, -0.1) is 0 Å². The van der Waals surface area contributed by atoms with Crippen molar-refractivity contribution in [2.45, 2.75) is 26.7 Å². The van der Waals surface area contributed by atoms with Crippen LogP contribution in [-0.2, 0) is 4.79 Å². The fourth-order valence-corrected chi connectivity index (χ4v) is 3.86. The minimum Gasteiger partial charge on any atom is -0.494 e. The van der Waals surface area contributed by atoms with Crippen LogP contribution in [0.5, 0.6) is 11.5 Å². The van der Waals surface area contributed by atoms with E-state index in [0.29, 0.717) is 23.7 Å². The number of hydrogen-bond donors (Lipinski definition) is 2. The number of amides is 2. The molecule has 2 aromatic rings. The van der Waals surface area contributed by atoms with Crippen LogP contribution in [0.25, 0.3) is 0 Å². The predicted molar refractivity (Wildman–Crippen MR) is 115 cm³/mol. The number of unbranched alkanes of at least 4 members (excludes halogenated alkanes) is 1. The van der Waals surface area contributed by atoms with Gasteiger partial charge < -0.3 is 9.47 Å². The molecule has 0 aromatic heterocycles. The van der Waals surface area contributed by atoms with E-state index < -0.39 is 11.8 Å². The van der Waals surface area contributed by atoms with Crippen molar-refractivity contribution in [1.82, 2.24) is 10.9 Å². The van der Waals surface area contributed by atoms with E-state index in [-0.39, 0.29) is 6.61 Å². The molecular weight excluding hydrogens is 492 g/mol. The largest absolute Gasteiger partial charge is 0.494 e. The highest BCUT2D eigenvalue weighted by Crippen LogP contribution is 2.32. The third kappa shape index (κ3) is 6.83. The van der Waals surface area contributed by atoms with Crippen LogP contribution in [0, 0.1) is 6.92 Å². The summed E-state index contributed by atoms with van der Waals surface area (Å²) < 4.78 is 12.8. The second-order valence-corrected chi connectivity index (χ2v) is 7.82. The van der Waals surface area contributed by atoms with E-state index in [2.05, 4.69) is 49.6 Å². The summed E-state index contributed by atoms with van der Waals surface area (Å²) in [5.74, 6) is 0.279. The number of aryl methyl sites for hydroxylation is 1. The Balaban J connectivity index is 1.84. The molecule has 6 nitrogen and oxygen atoms in total. The number of carbonyl (C=O) groups is 2. The van der Waals surface area contributed by atoms with E-state index in [1.807, 2.05) is 19.1 Å². The molecule has 0 radical (unpaired) electrons. The quantitative estimate of drug-likeness (QED) is 0.401. The molecule has 0 aliphatic rings. The van der Waals surface area contributed by atoms with E-state index in [1.165, 1.54) is 0 Å². The summed E-state index contributed by atoms with van der Waals surface area (Å²) in [4.78, 5) is 24.2. The predicted octanol–water partition coefficient (Wildman–Crippen LogP) is 4.54. The molecule has 0 aliphatic heterocycles. The Kier molecular flexibility index (Phi) is 8.79. The first kappa shape index (κ1) is 22.2. The lowest BCUT2D eigenvalue weighted by Gasteiger charge is -2.12. The molecule has 2 N–H and O–H groups in total. The number of ether oxygens (including phenoxy) is 2. The second-order valence-electron chi connectivity index (χ2n) is 6.05. The topological polar surface area (TPSA) is 76.7 Å². The molecule has 150 valence electrons. The normalized spacial score (nSPS) is 10.3. The highest BCUT2D eigenvalue weighted by molar-refractivity contribution is 9.11. The van der Waals surface area contributed by atoms with Crippen molar-refractivity contribution in [1.29, 1.82) is 0 Å². The van der Waals surface area contributed by atoms with E-state index in [4.69, 9.17) is 9.47 Å². The molecule has 0 saturated carbocycles. The van der Waals surface area contributed by atoms with Gasteiger partial charge in [-0.1, -0.05) is 35.3 Å². The van der Waals surface area contributed by atoms with Crippen LogP contribution in [0.1, 0.15) is 35.7 Å². The Hall–Kier alpha value is -2.06. The molecule has 0 saturated heterocycles. The van der Waals surface area contributed by atoms with E-state index in [9.17, 15) is 9.59 Å². The van der Waals surface area contributed by atoms with Gasteiger partial charge in [-0.25, -0.2) is 0 Å². The maximum atomic E-state index is 12.2. The maximum Gasteiger partial charge on any atom is 0.276 e. The molecule has 8 heteroatoms. The fraction of sp³-hybridized carbons (Fsp3) is 0.300. The van der Waals surface area contributed by atoms with Gasteiger partial charge in [-0.3, -0.25) is 20.4 Å². The van der Waals surface area contributed by atoms with E-state index in [1.54, 1.807) is 24.3 Å². The second kappa shape index (κ2) is 11.1. The van der Waals surface area contributed by atoms with Crippen molar-refractivity contribution >= 4 is 43.7 Å². The van der Waals surface area contributed by atoms with Crippen LogP contribution >= 0.6 is 31.9 Å². The number of carbonyl (C=O) groups excluding carboxylic acids is 2. The number of nitrogens with one attached hydrogen (secondary N) is 2. The zero-order valence-electron chi connectivity index (χ0n) is 15.7. The summed E-state index contributed by atoms with van der Waals surface area (Å²) in [5, 5.41) is 0. The van der Waals surface area contributed by atoms with Crippen molar-refractivity contribution in [2.75, 3.05) is 13.2 Å². The van der Waals surface area contributed by atoms with Crippen LogP contribution in [-0.4, -0.2) is 25.0 Å². The average Bonchev–Trinajstić information content (AvgIpc) is 2.65. The molecule has 2 aromatic carbocycles. The molecule has 2 amide bonds. The molecule has 0 bridgehead atoms. The Labute approximate surface area is 181 Å². The first-order chi connectivity index (χ1) is 13.4. The van der Waals surface area contributed by atoms with Crippen molar-refractivity contribution in [3.05, 3.63) is 56.5 Å². The Bertz CT molecular complexity index is 820. The highest BCUT2D eigenvalue weighted by Gasteiger charge is 2.12. The van der Waals surface area contributed by atoms with Crippen molar-refractivity contribution < 1.29 is 19.1 Å².